The van der Waals surface area contributed by atoms with Crippen LogP contribution in [0.25, 0.3) is 5.52 Å². The van der Waals surface area contributed by atoms with Crippen molar-refractivity contribution in [3.63, 3.8) is 0 Å². The topological polar surface area (TPSA) is 96.7 Å². The lowest BCUT2D eigenvalue weighted by Gasteiger charge is -2.03. The number of tetrazole rings is 1. The van der Waals surface area contributed by atoms with Crippen LogP contribution >= 0.6 is 0 Å². The van der Waals surface area contributed by atoms with Gasteiger partial charge in [-0.2, -0.15) is 10.3 Å². The smallest absolute Gasteiger partial charge is 0.193 e. The fraction of sp³-hybridized carbons (Fsp3) is 0.222. The standard InChI is InChI=1S/C9H10N8/c1-6-4-7-9(10-2-3-17(7)14-6)11-5-8-12-15-16-13-8/h2-4H,5H2,1H3,(H,10,11)(H,12,13,15,16). The lowest BCUT2D eigenvalue weighted by atomic mass is 10.4. The molecule has 17 heavy (non-hydrogen) atoms. The number of hydrogen-bond acceptors (Lipinski definition) is 6. The Bertz CT molecular complexity index is 626. The first kappa shape index (κ1) is 9.70. The van der Waals surface area contributed by atoms with Crippen molar-refractivity contribution in [2.75, 3.05) is 5.32 Å². The molecule has 8 heteroatoms. The number of aromatic amines is 1. The molecule has 0 unspecified atom stereocenters. The summed E-state index contributed by atoms with van der Waals surface area (Å²) in [6.07, 6.45) is 3.50. The van der Waals surface area contributed by atoms with E-state index in [1.165, 1.54) is 0 Å². The van der Waals surface area contributed by atoms with Gasteiger partial charge in [0.15, 0.2) is 11.6 Å². The van der Waals surface area contributed by atoms with Crippen LogP contribution in [-0.4, -0.2) is 35.2 Å². The highest BCUT2D eigenvalue weighted by Crippen LogP contribution is 2.14. The fourth-order valence-electron chi connectivity index (χ4n) is 1.60. The maximum absolute atomic E-state index is 4.31. The van der Waals surface area contributed by atoms with Crippen LogP contribution in [0.1, 0.15) is 11.5 Å². The van der Waals surface area contributed by atoms with Crippen LogP contribution in [0, 0.1) is 6.92 Å². The number of aromatic nitrogens is 7. The maximum atomic E-state index is 4.31. The summed E-state index contributed by atoms with van der Waals surface area (Å²) >= 11 is 0. The Hall–Kier alpha value is -2.51. The van der Waals surface area contributed by atoms with Crippen molar-refractivity contribution in [3.05, 3.63) is 30.0 Å². The second-order valence-corrected chi connectivity index (χ2v) is 3.57. The van der Waals surface area contributed by atoms with Gasteiger partial charge in [0.1, 0.15) is 5.52 Å². The summed E-state index contributed by atoms with van der Waals surface area (Å²) in [4.78, 5) is 4.26. The molecule has 0 radical (unpaired) electrons. The molecule has 0 spiro atoms. The highest BCUT2D eigenvalue weighted by molar-refractivity contribution is 5.67. The van der Waals surface area contributed by atoms with Crippen molar-refractivity contribution < 1.29 is 0 Å². The first-order valence-electron chi connectivity index (χ1n) is 5.10. The zero-order valence-electron chi connectivity index (χ0n) is 9.12. The van der Waals surface area contributed by atoms with E-state index in [9.17, 15) is 0 Å². The molecule has 3 aromatic heterocycles. The van der Waals surface area contributed by atoms with Crippen LogP contribution in [0.2, 0.25) is 0 Å². The monoisotopic (exact) mass is 230 g/mol. The highest BCUT2D eigenvalue weighted by Gasteiger charge is 2.05. The molecule has 0 aromatic carbocycles. The van der Waals surface area contributed by atoms with Crippen LogP contribution in [0.15, 0.2) is 18.5 Å². The normalized spacial score (nSPS) is 10.9. The van der Waals surface area contributed by atoms with Gasteiger partial charge in [0.25, 0.3) is 0 Å². The predicted octanol–water partition coefficient (Wildman–Crippen LogP) is 0.163. The number of H-pyrrole nitrogens is 1. The number of hydrogen-bond donors (Lipinski definition) is 2. The second kappa shape index (κ2) is 3.81. The highest BCUT2D eigenvalue weighted by atomic mass is 15.5. The predicted molar refractivity (Wildman–Crippen MR) is 59.2 cm³/mol. The average molecular weight is 230 g/mol. The summed E-state index contributed by atoms with van der Waals surface area (Å²) in [5.41, 5.74) is 1.87. The largest absolute Gasteiger partial charge is 0.361 e. The first-order valence-corrected chi connectivity index (χ1v) is 5.10. The number of rotatable bonds is 3. The molecule has 0 bridgehead atoms. The van der Waals surface area contributed by atoms with Gasteiger partial charge in [-0.25, -0.2) is 9.50 Å². The summed E-state index contributed by atoms with van der Waals surface area (Å²) in [6.45, 7) is 2.41. The van der Waals surface area contributed by atoms with Gasteiger partial charge in [0.2, 0.25) is 0 Å². The molecular formula is C9H10N8. The summed E-state index contributed by atoms with van der Waals surface area (Å²) in [5.74, 6) is 1.34. The first-order chi connectivity index (χ1) is 8.33. The number of fused-ring (bicyclic) bond motifs is 1. The van der Waals surface area contributed by atoms with E-state index in [2.05, 4.69) is 36.0 Å². The fourth-order valence-corrected chi connectivity index (χ4v) is 1.60. The Kier molecular flexibility index (Phi) is 2.18. The van der Waals surface area contributed by atoms with Gasteiger partial charge in [-0.15, -0.1) is 10.2 Å². The van der Waals surface area contributed by atoms with Crippen molar-refractivity contribution in [1.82, 2.24) is 35.2 Å². The molecule has 0 aliphatic carbocycles. The summed E-state index contributed by atoms with van der Waals surface area (Å²) in [5, 5.41) is 21.1. The van der Waals surface area contributed by atoms with Gasteiger partial charge < -0.3 is 5.32 Å². The third kappa shape index (κ3) is 1.80. The zero-order chi connectivity index (χ0) is 11.7. The van der Waals surface area contributed by atoms with Crippen LogP contribution in [0.3, 0.4) is 0 Å². The van der Waals surface area contributed by atoms with Crippen molar-refractivity contribution in [3.8, 4) is 0 Å². The van der Waals surface area contributed by atoms with Crippen LogP contribution in [0.4, 0.5) is 5.82 Å². The van der Waals surface area contributed by atoms with E-state index in [1.807, 2.05) is 19.2 Å². The van der Waals surface area contributed by atoms with Gasteiger partial charge in [0, 0.05) is 12.4 Å². The van der Waals surface area contributed by atoms with Crippen molar-refractivity contribution in [2.24, 2.45) is 0 Å². The summed E-state index contributed by atoms with van der Waals surface area (Å²) < 4.78 is 1.78. The molecule has 86 valence electrons. The SMILES string of the molecule is Cc1cc2c(NCc3nn[nH]n3)nccn2n1. The molecule has 3 aromatic rings. The average Bonchev–Trinajstić information content (AvgIpc) is 2.93. The molecule has 0 saturated heterocycles. The van der Waals surface area contributed by atoms with Gasteiger partial charge >= 0.3 is 0 Å². The van der Waals surface area contributed by atoms with E-state index in [-0.39, 0.29) is 0 Å². The molecule has 0 saturated carbocycles. The third-order valence-electron chi connectivity index (χ3n) is 2.32. The van der Waals surface area contributed by atoms with Gasteiger partial charge in [0.05, 0.1) is 12.2 Å². The Morgan fingerprint density at radius 2 is 2.41 bits per heavy atom. The summed E-state index contributed by atoms with van der Waals surface area (Å²) in [6, 6.07) is 1.96. The molecule has 3 rings (SSSR count). The van der Waals surface area contributed by atoms with Crippen LogP contribution in [-0.2, 0) is 6.54 Å². The van der Waals surface area contributed by atoms with Gasteiger partial charge in [-0.3, -0.25) is 0 Å². The lowest BCUT2D eigenvalue weighted by Crippen LogP contribution is -2.04. The molecule has 2 N–H and O–H groups in total. The van der Waals surface area contributed by atoms with Gasteiger partial charge in [-0.05, 0) is 13.0 Å². The van der Waals surface area contributed by atoms with Crippen LogP contribution < -0.4 is 5.32 Å². The minimum Gasteiger partial charge on any atom is -0.361 e. The molecule has 0 atom stereocenters. The maximum Gasteiger partial charge on any atom is 0.193 e. The van der Waals surface area contributed by atoms with Gasteiger partial charge in [-0.1, -0.05) is 5.21 Å². The van der Waals surface area contributed by atoms with Crippen molar-refractivity contribution >= 4 is 11.3 Å². The van der Waals surface area contributed by atoms with E-state index >= 15 is 0 Å². The molecule has 0 fully saturated rings. The Morgan fingerprint density at radius 1 is 1.47 bits per heavy atom. The zero-order valence-corrected chi connectivity index (χ0v) is 9.12. The second-order valence-electron chi connectivity index (χ2n) is 3.57. The Labute approximate surface area is 96.1 Å². The number of aryl methyl sites for hydroxylation is 1. The molecule has 0 amide bonds. The van der Waals surface area contributed by atoms with Crippen molar-refractivity contribution in [2.45, 2.75) is 13.5 Å². The molecular weight excluding hydrogens is 220 g/mol. The molecule has 3 heterocycles. The number of anilines is 1. The van der Waals surface area contributed by atoms with E-state index in [0.717, 1.165) is 17.0 Å². The Morgan fingerprint density at radius 3 is 3.24 bits per heavy atom. The Balaban J connectivity index is 1.89. The van der Waals surface area contributed by atoms with E-state index in [0.29, 0.717) is 12.4 Å². The quantitative estimate of drug-likeness (QED) is 0.665. The van der Waals surface area contributed by atoms with Crippen LogP contribution in [0.5, 0.6) is 0 Å². The van der Waals surface area contributed by atoms with Crippen molar-refractivity contribution in [1.29, 1.82) is 0 Å². The third-order valence-corrected chi connectivity index (χ3v) is 2.32. The number of nitrogens with one attached hydrogen (secondary N) is 2. The van der Waals surface area contributed by atoms with E-state index in [1.54, 1.807) is 10.7 Å². The minimum atomic E-state index is 0.466. The van der Waals surface area contributed by atoms with E-state index < -0.39 is 0 Å². The molecule has 0 aliphatic rings. The van der Waals surface area contributed by atoms with E-state index in [4.69, 9.17) is 0 Å². The number of nitrogens with zero attached hydrogens (tertiary/aromatic N) is 6. The summed E-state index contributed by atoms with van der Waals surface area (Å²) in [7, 11) is 0. The molecule has 0 aliphatic heterocycles. The minimum absolute atomic E-state index is 0.466. The molecule has 8 nitrogen and oxygen atoms in total. The lowest BCUT2D eigenvalue weighted by molar-refractivity contribution is 0.881.